The van der Waals surface area contributed by atoms with Crippen molar-refractivity contribution in [3.63, 3.8) is 0 Å². The second-order valence-electron chi connectivity index (χ2n) is 5.60. The second kappa shape index (κ2) is 7.89. The van der Waals surface area contributed by atoms with Crippen LogP contribution in [0, 0.1) is 10.1 Å². The Bertz CT molecular complexity index is 1060. The summed E-state index contributed by atoms with van der Waals surface area (Å²) in [5.41, 5.74) is 1.22. The molecule has 0 spiro atoms. The molecule has 0 aliphatic carbocycles. The van der Waals surface area contributed by atoms with Gasteiger partial charge >= 0.3 is 0 Å². The maximum Gasteiger partial charge on any atom is 0.273 e. The highest BCUT2D eigenvalue weighted by Gasteiger charge is 2.17. The Kier molecular flexibility index (Phi) is 5.37. The molecule has 28 heavy (non-hydrogen) atoms. The van der Waals surface area contributed by atoms with E-state index < -0.39 is 10.8 Å². The lowest BCUT2D eigenvalue weighted by molar-refractivity contribution is -0.384. The van der Waals surface area contributed by atoms with Crippen molar-refractivity contribution in [2.45, 2.75) is 0 Å². The Balaban J connectivity index is 1.80. The van der Waals surface area contributed by atoms with Crippen molar-refractivity contribution in [2.75, 3.05) is 12.4 Å². The first kappa shape index (κ1) is 19.1. The zero-order valence-electron chi connectivity index (χ0n) is 14.6. The Morgan fingerprint density at radius 2 is 2.00 bits per heavy atom. The smallest absolute Gasteiger partial charge is 0.273 e. The first-order valence-corrected chi connectivity index (χ1v) is 8.28. The van der Waals surface area contributed by atoms with Gasteiger partial charge in [-0.3, -0.25) is 14.9 Å². The number of anilines is 1. The van der Waals surface area contributed by atoms with Crippen molar-refractivity contribution in [1.82, 2.24) is 15.0 Å². The van der Waals surface area contributed by atoms with Crippen molar-refractivity contribution >= 4 is 34.6 Å². The number of nitrogens with one attached hydrogen (secondary N) is 1. The number of carbonyl (C=O) groups is 1. The molecular formula is C18H14ClN5O4. The van der Waals surface area contributed by atoms with Crippen LogP contribution >= 0.6 is 11.6 Å². The Morgan fingerprint density at radius 1 is 1.29 bits per heavy atom. The summed E-state index contributed by atoms with van der Waals surface area (Å²) in [5, 5.41) is 22.0. The molecule has 0 atom stereocenters. The Hall–Kier alpha value is -3.72. The van der Waals surface area contributed by atoms with E-state index in [2.05, 4.69) is 22.2 Å². The van der Waals surface area contributed by atoms with Crippen LogP contribution in [0.2, 0.25) is 5.02 Å². The summed E-state index contributed by atoms with van der Waals surface area (Å²) in [4.78, 5) is 22.9. The normalized spacial score (nSPS) is 10.4. The standard InChI is InChI=1S/C18H14ClN5O4/c1-11(23-10-16(21-22-23)12-3-5-13(19)6-4-12)18(25)20-15-9-14(24(26)27)7-8-17(15)28-2/h3-10H,1H2,2H3,(H,20,25). The highest BCUT2D eigenvalue weighted by Crippen LogP contribution is 2.29. The van der Waals surface area contributed by atoms with Crippen LogP contribution in [-0.4, -0.2) is 32.9 Å². The minimum Gasteiger partial charge on any atom is -0.495 e. The largest absolute Gasteiger partial charge is 0.495 e. The van der Waals surface area contributed by atoms with E-state index in [-0.39, 0.29) is 22.8 Å². The zero-order chi connectivity index (χ0) is 20.3. The van der Waals surface area contributed by atoms with Crippen LogP contribution in [0.1, 0.15) is 0 Å². The maximum atomic E-state index is 12.5. The fourth-order valence-corrected chi connectivity index (χ4v) is 2.48. The van der Waals surface area contributed by atoms with Crippen molar-refractivity contribution in [1.29, 1.82) is 0 Å². The van der Waals surface area contributed by atoms with Crippen molar-refractivity contribution in [3.05, 3.63) is 70.4 Å². The van der Waals surface area contributed by atoms with E-state index in [4.69, 9.17) is 16.3 Å². The van der Waals surface area contributed by atoms with E-state index in [0.29, 0.717) is 10.7 Å². The number of aromatic nitrogens is 3. The van der Waals surface area contributed by atoms with E-state index in [1.54, 1.807) is 24.3 Å². The molecule has 0 unspecified atom stereocenters. The van der Waals surface area contributed by atoms with Crippen LogP contribution in [0.25, 0.3) is 17.0 Å². The van der Waals surface area contributed by atoms with Gasteiger partial charge in [-0.15, -0.1) is 5.10 Å². The molecule has 1 heterocycles. The van der Waals surface area contributed by atoms with Crippen molar-refractivity contribution < 1.29 is 14.5 Å². The fourth-order valence-electron chi connectivity index (χ4n) is 2.35. The molecular weight excluding hydrogens is 386 g/mol. The summed E-state index contributed by atoms with van der Waals surface area (Å²) in [5.74, 6) is -0.349. The molecule has 2 aromatic carbocycles. The quantitative estimate of drug-likeness (QED) is 0.385. The number of hydrogen-bond donors (Lipinski definition) is 1. The van der Waals surface area contributed by atoms with Gasteiger partial charge in [-0.1, -0.05) is 35.5 Å². The van der Waals surface area contributed by atoms with Crippen LogP contribution in [0.4, 0.5) is 11.4 Å². The third-order valence-electron chi connectivity index (χ3n) is 3.81. The molecule has 0 fully saturated rings. The van der Waals surface area contributed by atoms with E-state index in [1.165, 1.54) is 36.2 Å². The van der Waals surface area contributed by atoms with Crippen LogP contribution in [0.5, 0.6) is 5.75 Å². The molecule has 0 saturated carbocycles. The minimum absolute atomic E-state index is 0.0266. The molecule has 1 aromatic heterocycles. The number of benzene rings is 2. The van der Waals surface area contributed by atoms with Crippen molar-refractivity contribution in [2.24, 2.45) is 0 Å². The number of hydrogen-bond acceptors (Lipinski definition) is 6. The van der Waals surface area contributed by atoms with Gasteiger partial charge in [0.2, 0.25) is 0 Å². The summed E-state index contributed by atoms with van der Waals surface area (Å²) in [6.07, 6.45) is 1.54. The van der Waals surface area contributed by atoms with E-state index in [0.717, 1.165) is 5.56 Å². The lowest BCUT2D eigenvalue weighted by Gasteiger charge is -2.11. The second-order valence-corrected chi connectivity index (χ2v) is 6.03. The molecule has 142 valence electrons. The third-order valence-corrected chi connectivity index (χ3v) is 4.07. The summed E-state index contributed by atoms with van der Waals surface area (Å²) in [6, 6.07) is 10.8. The summed E-state index contributed by atoms with van der Waals surface area (Å²) >= 11 is 5.87. The van der Waals surface area contributed by atoms with Gasteiger partial charge in [0.15, 0.2) is 0 Å². The molecule has 0 bridgehead atoms. The third kappa shape index (κ3) is 3.99. The number of amides is 1. The molecule has 1 amide bonds. The predicted octanol–water partition coefficient (Wildman–Crippen LogP) is 3.62. The number of nitrogens with zero attached hydrogens (tertiary/aromatic N) is 4. The average molecular weight is 400 g/mol. The van der Waals surface area contributed by atoms with Crippen LogP contribution in [-0.2, 0) is 4.79 Å². The molecule has 1 N–H and O–H groups in total. The molecule has 0 saturated heterocycles. The number of nitro benzene ring substituents is 1. The monoisotopic (exact) mass is 399 g/mol. The van der Waals surface area contributed by atoms with Crippen LogP contribution in [0.15, 0.2) is 55.2 Å². The Morgan fingerprint density at radius 3 is 2.64 bits per heavy atom. The highest BCUT2D eigenvalue weighted by atomic mass is 35.5. The number of nitro groups is 1. The molecule has 3 rings (SSSR count). The molecule has 0 aliphatic rings. The topological polar surface area (TPSA) is 112 Å². The van der Waals surface area contributed by atoms with Gasteiger partial charge in [0.1, 0.15) is 17.1 Å². The van der Waals surface area contributed by atoms with Gasteiger partial charge in [-0.05, 0) is 18.2 Å². The van der Waals surface area contributed by atoms with E-state index >= 15 is 0 Å². The lowest BCUT2D eigenvalue weighted by Crippen LogP contribution is -2.18. The maximum absolute atomic E-state index is 12.5. The number of methoxy groups -OCH3 is 1. The van der Waals surface area contributed by atoms with Crippen LogP contribution in [0.3, 0.4) is 0 Å². The van der Waals surface area contributed by atoms with Gasteiger partial charge in [0.25, 0.3) is 11.6 Å². The summed E-state index contributed by atoms with van der Waals surface area (Å²) in [6.45, 7) is 3.71. The summed E-state index contributed by atoms with van der Waals surface area (Å²) in [7, 11) is 1.39. The Labute approximate surface area is 164 Å². The lowest BCUT2D eigenvalue weighted by atomic mass is 10.2. The molecule has 0 radical (unpaired) electrons. The van der Waals surface area contributed by atoms with Gasteiger partial charge in [-0.2, -0.15) is 0 Å². The van der Waals surface area contributed by atoms with Gasteiger partial charge < -0.3 is 10.1 Å². The first-order chi connectivity index (χ1) is 13.4. The van der Waals surface area contributed by atoms with Gasteiger partial charge in [0.05, 0.1) is 23.9 Å². The molecule has 0 aliphatic heterocycles. The minimum atomic E-state index is -0.619. The zero-order valence-corrected chi connectivity index (χ0v) is 15.4. The highest BCUT2D eigenvalue weighted by molar-refractivity contribution is 6.30. The van der Waals surface area contributed by atoms with Crippen LogP contribution < -0.4 is 10.1 Å². The molecule has 10 heteroatoms. The number of ether oxygens (including phenoxy) is 1. The van der Waals surface area contributed by atoms with Crippen molar-refractivity contribution in [3.8, 4) is 17.0 Å². The number of non-ortho nitro benzene ring substituents is 1. The SMILES string of the molecule is C=C(C(=O)Nc1cc([N+](=O)[O-])ccc1OC)n1cc(-c2ccc(Cl)cc2)nn1. The first-order valence-electron chi connectivity index (χ1n) is 7.90. The number of rotatable bonds is 6. The van der Waals surface area contributed by atoms with E-state index in [1.807, 2.05) is 0 Å². The van der Waals surface area contributed by atoms with Gasteiger partial charge in [0, 0.05) is 22.7 Å². The average Bonchev–Trinajstić information content (AvgIpc) is 3.17. The number of halogens is 1. The molecule has 9 nitrogen and oxygen atoms in total. The van der Waals surface area contributed by atoms with E-state index in [9.17, 15) is 14.9 Å². The predicted molar refractivity (Wildman–Crippen MR) is 104 cm³/mol. The number of carbonyl (C=O) groups excluding carboxylic acids is 1. The molecule has 3 aromatic rings. The fraction of sp³-hybridized carbons (Fsp3) is 0.0556. The summed E-state index contributed by atoms with van der Waals surface area (Å²) < 4.78 is 6.34. The van der Waals surface area contributed by atoms with Gasteiger partial charge in [-0.25, -0.2) is 4.68 Å².